The molecule has 4 rings (SSSR count). The van der Waals surface area contributed by atoms with Crippen molar-refractivity contribution in [1.29, 1.82) is 5.26 Å². The van der Waals surface area contributed by atoms with Crippen molar-refractivity contribution < 1.29 is 19.4 Å². The molecule has 9 heteroatoms. The summed E-state index contributed by atoms with van der Waals surface area (Å²) in [6.07, 6.45) is 0. The van der Waals surface area contributed by atoms with Gasteiger partial charge in [0.15, 0.2) is 0 Å². The Hall–Kier alpha value is -4.19. The van der Waals surface area contributed by atoms with Gasteiger partial charge in [0.1, 0.15) is 40.5 Å². The number of phenolic OH excluding ortho intramolecular Hbond substituents is 1. The summed E-state index contributed by atoms with van der Waals surface area (Å²) in [6.45, 7) is 1.53. The molecule has 1 atom stereocenters. The number of rotatable bonds is 1. The lowest BCUT2D eigenvalue weighted by Gasteiger charge is -2.29. The number of nitriles is 1. The van der Waals surface area contributed by atoms with Crippen LogP contribution in [0.3, 0.4) is 0 Å². The predicted octanol–water partition coefficient (Wildman–Crippen LogP) is 2.08. The monoisotopic (exact) mass is 378 g/mol. The molecule has 1 aromatic carbocycles. The predicted molar refractivity (Wildman–Crippen MR) is 98.3 cm³/mol. The van der Waals surface area contributed by atoms with Crippen molar-refractivity contribution in [3.05, 3.63) is 62.7 Å². The topological polar surface area (TPSA) is 169 Å². The first-order valence-electron chi connectivity index (χ1n) is 8.15. The van der Waals surface area contributed by atoms with Crippen LogP contribution in [0.25, 0.3) is 0 Å². The summed E-state index contributed by atoms with van der Waals surface area (Å²) in [4.78, 5) is 16.7. The zero-order chi connectivity index (χ0) is 20.2. The van der Waals surface area contributed by atoms with Crippen LogP contribution in [-0.4, -0.2) is 15.2 Å². The number of fused-ring (bicyclic) bond motifs is 2. The molecule has 1 unspecified atom stereocenters. The highest BCUT2D eigenvalue weighted by molar-refractivity contribution is 5.75. The van der Waals surface area contributed by atoms with Crippen molar-refractivity contribution >= 4 is 11.5 Å². The number of anilines is 2. The number of nitrogens with two attached hydrogens (primary N) is 2. The summed E-state index contributed by atoms with van der Waals surface area (Å²) in [7, 11) is 0. The quantitative estimate of drug-likeness (QED) is 0.387. The van der Waals surface area contributed by atoms with Crippen LogP contribution in [0.1, 0.15) is 33.9 Å². The van der Waals surface area contributed by atoms with Crippen LogP contribution < -0.4 is 21.8 Å². The molecular formula is C19H14N4O5. The first-order chi connectivity index (χ1) is 13.3. The van der Waals surface area contributed by atoms with Gasteiger partial charge in [-0.1, -0.05) is 6.07 Å². The van der Waals surface area contributed by atoms with Crippen molar-refractivity contribution in [2.45, 2.75) is 12.8 Å². The van der Waals surface area contributed by atoms with E-state index in [4.69, 9.17) is 20.6 Å². The molecule has 0 fully saturated rings. The van der Waals surface area contributed by atoms with Crippen molar-refractivity contribution in [2.24, 2.45) is 0 Å². The second kappa shape index (κ2) is 5.92. The van der Waals surface area contributed by atoms with Gasteiger partial charge in [-0.3, -0.25) is 0 Å². The molecular weight excluding hydrogens is 364 g/mol. The number of aromatic nitrogens is 1. The number of aryl methyl sites for hydroxylation is 1. The zero-order valence-electron chi connectivity index (χ0n) is 14.6. The molecule has 140 valence electrons. The van der Waals surface area contributed by atoms with E-state index in [1.807, 2.05) is 6.07 Å². The summed E-state index contributed by atoms with van der Waals surface area (Å²) in [5, 5.41) is 29.7. The second-order valence-electron chi connectivity index (χ2n) is 6.32. The van der Waals surface area contributed by atoms with E-state index in [-0.39, 0.29) is 57.1 Å². The molecule has 0 spiro atoms. The van der Waals surface area contributed by atoms with Gasteiger partial charge >= 0.3 is 5.63 Å². The second-order valence-corrected chi connectivity index (χ2v) is 6.32. The van der Waals surface area contributed by atoms with E-state index >= 15 is 0 Å². The van der Waals surface area contributed by atoms with E-state index < -0.39 is 11.5 Å². The summed E-state index contributed by atoms with van der Waals surface area (Å²) in [6, 6.07) is 7.45. The molecule has 1 aliphatic rings. The van der Waals surface area contributed by atoms with Crippen molar-refractivity contribution in [3.8, 4) is 29.2 Å². The average Bonchev–Trinajstić information content (AvgIpc) is 2.60. The maximum Gasteiger partial charge on any atom is 0.343 e. The van der Waals surface area contributed by atoms with Crippen LogP contribution in [-0.2, 0) is 0 Å². The van der Waals surface area contributed by atoms with Crippen molar-refractivity contribution in [2.75, 3.05) is 11.5 Å². The highest BCUT2D eigenvalue weighted by Gasteiger charge is 2.37. The lowest BCUT2D eigenvalue weighted by molar-refractivity contribution is 0.405. The van der Waals surface area contributed by atoms with Gasteiger partial charge < -0.3 is 30.8 Å². The number of nitrogens with zero attached hydrogens (tertiary/aromatic N) is 2. The Bertz CT molecular complexity index is 1240. The largest absolute Gasteiger partial charge is 0.508 e. The lowest BCUT2D eigenvalue weighted by Crippen LogP contribution is -2.22. The first-order valence-corrected chi connectivity index (χ1v) is 8.15. The minimum Gasteiger partial charge on any atom is -0.508 e. The molecule has 0 aliphatic carbocycles. The SMILES string of the molecule is Cc1cc(O)c(C2c3ccc(O)cc3Oc3nc(N)c(C#N)c(N)c32)c(=O)o1. The maximum atomic E-state index is 12.6. The Morgan fingerprint density at radius 2 is 1.96 bits per heavy atom. The van der Waals surface area contributed by atoms with Crippen LogP contribution in [0.4, 0.5) is 11.5 Å². The van der Waals surface area contributed by atoms with E-state index in [1.165, 1.54) is 31.2 Å². The van der Waals surface area contributed by atoms with E-state index in [0.717, 1.165) is 0 Å². The molecule has 28 heavy (non-hydrogen) atoms. The summed E-state index contributed by atoms with van der Waals surface area (Å²) in [5.41, 5.74) is 11.7. The van der Waals surface area contributed by atoms with Crippen LogP contribution in [0.2, 0.25) is 0 Å². The van der Waals surface area contributed by atoms with Gasteiger partial charge in [-0.15, -0.1) is 0 Å². The third kappa shape index (κ3) is 2.39. The molecule has 0 amide bonds. The highest BCUT2D eigenvalue weighted by atomic mass is 16.5. The van der Waals surface area contributed by atoms with Crippen molar-refractivity contribution in [3.63, 3.8) is 0 Å². The molecule has 2 aromatic heterocycles. The molecule has 0 saturated carbocycles. The molecule has 0 bridgehead atoms. The van der Waals surface area contributed by atoms with Gasteiger partial charge in [-0.05, 0) is 13.0 Å². The van der Waals surface area contributed by atoms with Gasteiger partial charge in [0.05, 0.1) is 22.7 Å². The fraction of sp³-hybridized carbons (Fsp3) is 0.105. The van der Waals surface area contributed by atoms with Gasteiger partial charge in [-0.2, -0.15) is 10.2 Å². The molecule has 6 N–H and O–H groups in total. The van der Waals surface area contributed by atoms with E-state index in [0.29, 0.717) is 5.56 Å². The number of ether oxygens (including phenoxy) is 1. The molecule has 0 saturated heterocycles. The highest BCUT2D eigenvalue weighted by Crippen LogP contribution is 2.51. The molecule has 3 aromatic rings. The number of aromatic hydroxyl groups is 2. The summed E-state index contributed by atoms with van der Waals surface area (Å²) < 4.78 is 10.9. The van der Waals surface area contributed by atoms with Gasteiger partial charge in [0.2, 0.25) is 5.88 Å². The Kier molecular flexibility index (Phi) is 3.64. The number of phenols is 1. The number of nitrogen functional groups attached to an aromatic ring is 2. The third-order valence-corrected chi connectivity index (χ3v) is 4.56. The summed E-state index contributed by atoms with van der Waals surface area (Å²) in [5.74, 6) is -1.07. The molecule has 1 aliphatic heterocycles. The zero-order valence-corrected chi connectivity index (χ0v) is 14.6. The average molecular weight is 378 g/mol. The number of benzene rings is 1. The minimum atomic E-state index is -0.948. The van der Waals surface area contributed by atoms with Crippen LogP contribution in [0.15, 0.2) is 33.5 Å². The van der Waals surface area contributed by atoms with E-state index in [9.17, 15) is 20.3 Å². The standard InChI is InChI=1S/C19H14N4O5/c1-7-4-11(25)14(19(26)27-7)13-9-3-2-8(24)5-12(9)28-18-15(13)16(21)10(6-20)17(22)23-18/h2-5,13,24-25H,1H3,(H4,21,22,23). The fourth-order valence-corrected chi connectivity index (χ4v) is 3.37. The minimum absolute atomic E-state index is 0.0203. The third-order valence-electron chi connectivity index (χ3n) is 4.56. The van der Waals surface area contributed by atoms with Crippen LogP contribution >= 0.6 is 0 Å². The Morgan fingerprint density at radius 1 is 1.21 bits per heavy atom. The van der Waals surface area contributed by atoms with Gasteiger partial charge in [0.25, 0.3) is 0 Å². The maximum absolute atomic E-state index is 12.6. The van der Waals surface area contributed by atoms with Crippen LogP contribution in [0, 0.1) is 18.3 Å². The van der Waals surface area contributed by atoms with Crippen LogP contribution in [0.5, 0.6) is 23.1 Å². The Morgan fingerprint density at radius 3 is 2.64 bits per heavy atom. The number of hydrogen-bond donors (Lipinski definition) is 4. The van der Waals surface area contributed by atoms with E-state index in [2.05, 4.69) is 4.98 Å². The normalized spacial score (nSPS) is 14.5. The number of pyridine rings is 1. The lowest BCUT2D eigenvalue weighted by atomic mass is 9.82. The van der Waals surface area contributed by atoms with Crippen molar-refractivity contribution in [1.82, 2.24) is 4.98 Å². The Balaban J connectivity index is 2.13. The molecule has 9 nitrogen and oxygen atoms in total. The molecule has 0 radical (unpaired) electrons. The van der Waals surface area contributed by atoms with Gasteiger partial charge in [-0.25, -0.2) is 4.79 Å². The molecule has 3 heterocycles. The smallest absolute Gasteiger partial charge is 0.343 e. The first kappa shape index (κ1) is 17.2. The van der Waals surface area contributed by atoms with E-state index in [1.54, 1.807) is 0 Å². The van der Waals surface area contributed by atoms with Gasteiger partial charge in [0, 0.05) is 17.7 Å². The number of hydrogen-bond acceptors (Lipinski definition) is 9. The summed E-state index contributed by atoms with van der Waals surface area (Å²) >= 11 is 0. The fourth-order valence-electron chi connectivity index (χ4n) is 3.37. The Labute approximate surface area is 158 Å².